The summed E-state index contributed by atoms with van der Waals surface area (Å²) in [7, 11) is 0. The Hall–Kier alpha value is -0.420. The third kappa shape index (κ3) is 5.17. The molecule has 0 bridgehead atoms. The van der Waals surface area contributed by atoms with Gasteiger partial charge in [0.25, 0.3) is 0 Å². The van der Waals surface area contributed by atoms with Gasteiger partial charge in [-0.15, -0.1) is 12.4 Å². The largest absolute Gasteiger partial charge is 0.316 e. The van der Waals surface area contributed by atoms with Gasteiger partial charge >= 0.3 is 0 Å². The summed E-state index contributed by atoms with van der Waals surface area (Å²) >= 11 is 5.71. The second-order valence-corrected chi connectivity index (χ2v) is 4.50. The van der Waals surface area contributed by atoms with Gasteiger partial charge in [0.15, 0.2) is 0 Å². The quantitative estimate of drug-likeness (QED) is 0.821. The minimum absolute atomic E-state index is 0. The van der Waals surface area contributed by atoms with Crippen LogP contribution in [0.1, 0.15) is 18.5 Å². The lowest BCUT2D eigenvalue weighted by Crippen LogP contribution is -2.35. The van der Waals surface area contributed by atoms with Gasteiger partial charge in [0.2, 0.25) is 5.28 Å². The normalized spacial score (nSPS) is 19.7. The molecule has 0 aromatic carbocycles. The summed E-state index contributed by atoms with van der Waals surface area (Å²) in [5.74, 6) is 0.742. The summed E-state index contributed by atoms with van der Waals surface area (Å²) in [4.78, 5) is 7.99. The van der Waals surface area contributed by atoms with E-state index in [1.165, 1.54) is 12.8 Å². The van der Waals surface area contributed by atoms with Gasteiger partial charge in [0, 0.05) is 12.7 Å². The first-order valence-corrected chi connectivity index (χ1v) is 6.11. The topological polar surface area (TPSA) is 49.8 Å². The summed E-state index contributed by atoms with van der Waals surface area (Å²) in [6, 6.07) is 1.89. The number of hydrogen-bond donors (Lipinski definition) is 2. The van der Waals surface area contributed by atoms with Crippen LogP contribution in [0.4, 0.5) is 0 Å². The van der Waals surface area contributed by atoms with Gasteiger partial charge in [-0.1, -0.05) is 0 Å². The molecular weight excluding hydrogens is 259 g/mol. The van der Waals surface area contributed by atoms with Crippen molar-refractivity contribution in [2.24, 2.45) is 5.92 Å². The highest BCUT2D eigenvalue weighted by Crippen LogP contribution is 2.08. The van der Waals surface area contributed by atoms with Gasteiger partial charge in [0.1, 0.15) is 0 Å². The van der Waals surface area contributed by atoms with E-state index in [0.29, 0.717) is 5.28 Å². The standard InChI is InChI=1S/C11H17ClN4.ClH/c12-11-15-5-3-10(16-11)8-14-7-9-2-1-4-13-6-9;/h3,5,9,13-14H,1-2,4,6-8H2;1H. The molecular formula is C11H18Cl2N4. The average molecular weight is 277 g/mol. The molecule has 96 valence electrons. The molecule has 1 aromatic rings. The Kier molecular flexibility index (Phi) is 6.73. The lowest BCUT2D eigenvalue weighted by Gasteiger charge is -2.22. The zero-order chi connectivity index (χ0) is 11.2. The molecule has 1 saturated heterocycles. The zero-order valence-electron chi connectivity index (χ0n) is 9.66. The van der Waals surface area contributed by atoms with Crippen LogP contribution in [0.25, 0.3) is 0 Å². The van der Waals surface area contributed by atoms with Crippen LogP contribution >= 0.6 is 24.0 Å². The molecule has 4 nitrogen and oxygen atoms in total. The highest BCUT2D eigenvalue weighted by atomic mass is 35.5. The Bertz CT molecular complexity index is 329. The van der Waals surface area contributed by atoms with E-state index in [-0.39, 0.29) is 12.4 Å². The first-order chi connectivity index (χ1) is 7.84. The lowest BCUT2D eigenvalue weighted by molar-refractivity contribution is 0.359. The molecule has 2 heterocycles. The molecule has 0 spiro atoms. The van der Waals surface area contributed by atoms with E-state index in [2.05, 4.69) is 20.6 Å². The monoisotopic (exact) mass is 276 g/mol. The number of rotatable bonds is 4. The molecule has 1 aromatic heterocycles. The number of nitrogens with zero attached hydrogens (tertiary/aromatic N) is 2. The van der Waals surface area contributed by atoms with Crippen molar-refractivity contribution >= 4 is 24.0 Å². The van der Waals surface area contributed by atoms with Crippen molar-refractivity contribution in [1.29, 1.82) is 0 Å². The summed E-state index contributed by atoms with van der Waals surface area (Å²) in [5, 5.41) is 7.13. The van der Waals surface area contributed by atoms with E-state index < -0.39 is 0 Å². The van der Waals surface area contributed by atoms with Gasteiger partial charge in [0.05, 0.1) is 5.69 Å². The van der Waals surface area contributed by atoms with Crippen molar-refractivity contribution in [3.63, 3.8) is 0 Å². The van der Waals surface area contributed by atoms with Crippen molar-refractivity contribution in [3.05, 3.63) is 23.2 Å². The average Bonchev–Trinajstić information content (AvgIpc) is 2.30. The fourth-order valence-corrected chi connectivity index (χ4v) is 2.14. The maximum atomic E-state index is 5.71. The third-order valence-corrected chi connectivity index (χ3v) is 3.00. The van der Waals surface area contributed by atoms with E-state index >= 15 is 0 Å². The zero-order valence-corrected chi connectivity index (χ0v) is 11.2. The molecule has 0 amide bonds. The fraction of sp³-hybridized carbons (Fsp3) is 0.636. The Labute approximate surface area is 113 Å². The predicted octanol–water partition coefficient (Wildman–Crippen LogP) is 1.64. The van der Waals surface area contributed by atoms with Crippen LogP contribution in [0, 0.1) is 5.92 Å². The molecule has 1 fully saturated rings. The smallest absolute Gasteiger partial charge is 0.222 e. The maximum absolute atomic E-state index is 5.71. The van der Waals surface area contributed by atoms with Crippen LogP contribution in [0.15, 0.2) is 12.3 Å². The molecule has 0 aliphatic carbocycles. The predicted molar refractivity (Wildman–Crippen MR) is 71.6 cm³/mol. The number of nitrogens with one attached hydrogen (secondary N) is 2. The van der Waals surface area contributed by atoms with E-state index in [0.717, 1.165) is 37.8 Å². The SMILES string of the molecule is Cl.Clc1nccc(CNCC2CCCNC2)n1. The maximum Gasteiger partial charge on any atom is 0.222 e. The van der Waals surface area contributed by atoms with E-state index in [4.69, 9.17) is 11.6 Å². The van der Waals surface area contributed by atoms with E-state index in [1.807, 2.05) is 6.07 Å². The lowest BCUT2D eigenvalue weighted by atomic mass is 10.00. The fourth-order valence-electron chi connectivity index (χ4n) is 1.97. The Morgan fingerprint density at radius 2 is 2.41 bits per heavy atom. The van der Waals surface area contributed by atoms with Gasteiger partial charge in [-0.2, -0.15) is 0 Å². The number of piperidine rings is 1. The summed E-state index contributed by atoms with van der Waals surface area (Å²) < 4.78 is 0. The Morgan fingerprint density at radius 3 is 3.12 bits per heavy atom. The van der Waals surface area contributed by atoms with Crippen molar-refractivity contribution < 1.29 is 0 Å². The first kappa shape index (κ1) is 14.6. The molecule has 2 rings (SSSR count). The Morgan fingerprint density at radius 1 is 1.53 bits per heavy atom. The van der Waals surface area contributed by atoms with Crippen molar-refractivity contribution in [3.8, 4) is 0 Å². The molecule has 1 aliphatic rings. The second-order valence-electron chi connectivity index (χ2n) is 4.16. The molecule has 0 radical (unpaired) electrons. The highest BCUT2D eigenvalue weighted by molar-refractivity contribution is 6.28. The Balaban J connectivity index is 0.00000144. The summed E-state index contributed by atoms with van der Waals surface area (Å²) in [6.45, 7) is 4.09. The molecule has 1 unspecified atom stereocenters. The van der Waals surface area contributed by atoms with Crippen LogP contribution in [0.5, 0.6) is 0 Å². The van der Waals surface area contributed by atoms with Crippen molar-refractivity contribution in [1.82, 2.24) is 20.6 Å². The number of aromatic nitrogens is 2. The van der Waals surface area contributed by atoms with Gasteiger partial charge in [-0.05, 0) is 56.1 Å². The van der Waals surface area contributed by atoms with Crippen LogP contribution in [0.3, 0.4) is 0 Å². The minimum Gasteiger partial charge on any atom is -0.316 e. The highest BCUT2D eigenvalue weighted by Gasteiger charge is 2.11. The van der Waals surface area contributed by atoms with Crippen LogP contribution in [-0.2, 0) is 6.54 Å². The van der Waals surface area contributed by atoms with Crippen LogP contribution in [-0.4, -0.2) is 29.6 Å². The third-order valence-electron chi connectivity index (χ3n) is 2.82. The van der Waals surface area contributed by atoms with Crippen LogP contribution in [0.2, 0.25) is 5.28 Å². The van der Waals surface area contributed by atoms with Gasteiger partial charge in [-0.25, -0.2) is 9.97 Å². The molecule has 6 heteroatoms. The molecule has 17 heavy (non-hydrogen) atoms. The molecule has 2 N–H and O–H groups in total. The first-order valence-electron chi connectivity index (χ1n) is 5.73. The van der Waals surface area contributed by atoms with Gasteiger partial charge < -0.3 is 10.6 Å². The van der Waals surface area contributed by atoms with Crippen LogP contribution < -0.4 is 10.6 Å². The number of hydrogen-bond acceptors (Lipinski definition) is 4. The summed E-state index contributed by atoms with van der Waals surface area (Å²) in [5.41, 5.74) is 0.948. The van der Waals surface area contributed by atoms with Crippen molar-refractivity contribution in [2.75, 3.05) is 19.6 Å². The molecule has 1 atom stereocenters. The van der Waals surface area contributed by atoms with E-state index in [9.17, 15) is 0 Å². The molecule has 1 aliphatic heterocycles. The summed E-state index contributed by atoms with van der Waals surface area (Å²) in [6.07, 6.45) is 4.28. The second kappa shape index (κ2) is 7.82. The minimum atomic E-state index is 0. The molecule has 0 saturated carbocycles. The number of halogens is 2. The van der Waals surface area contributed by atoms with Gasteiger partial charge in [-0.3, -0.25) is 0 Å². The van der Waals surface area contributed by atoms with E-state index in [1.54, 1.807) is 6.20 Å². The van der Waals surface area contributed by atoms with Crippen molar-refractivity contribution in [2.45, 2.75) is 19.4 Å².